The average Bonchev–Trinajstić information content (AvgIpc) is 2.38. The van der Waals surface area contributed by atoms with Crippen molar-refractivity contribution in [3.63, 3.8) is 0 Å². The zero-order valence-corrected chi connectivity index (χ0v) is 11.1. The number of carbonyl (C=O) groups is 3. The third kappa shape index (κ3) is 4.60. The maximum atomic E-state index is 11.4. The molecule has 1 unspecified atom stereocenters. The molecular weight excluding hydrogens is 262 g/mol. The van der Waals surface area contributed by atoms with Crippen LogP contribution in [0.1, 0.15) is 22.8 Å². The number of urea groups is 1. The topological polar surface area (TPSA) is 122 Å². The molecule has 0 aromatic heterocycles. The minimum atomic E-state index is -1.01. The van der Waals surface area contributed by atoms with E-state index < -0.39 is 23.9 Å². The van der Waals surface area contributed by atoms with E-state index in [9.17, 15) is 14.4 Å². The van der Waals surface area contributed by atoms with Crippen molar-refractivity contribution < 1.29 is 19.5 Å². The van der Waals surface area contributed by atoms with Crippen LogP contribution in [0, 0.1) is 0 Å². The highest BCUT2D eigenvalue weighted by Gasteiger charge is 2.12. The fourth-order valence-electron chi connectivity index (χ4n) is 1.58. The SMILES string of the molecule is CC(NC(=O)NCCc1ccccc1C(=O)O)C(N)=O. The molecule has 0 spiro atoms. The molecule has 1 atom stereocenters. The second-order valence-electron chi connectivity index (χ2n) is 4.24. The molecule has 0 saturated heterocycles. The molecule has 7 heteroatoms. The van der Waals surface area contributed by atoms with Gasteiger partial charge in [0.1, 0.15) is 6.04 Å². The number of amides is 3. The fourth-order valence-corrected chi connectivity index (χ4v) is 1.58. The minimum Gasteiger partial charge on any atom is -0.478 e. The third-order valence-corrected chi connectivity index (χ3v) is 2.70. The van der Waals surface area contributed by atoms with Gasteiger partial charge < -0.3 is 21.5 Å². The third-order valence-electron chi connectivity index (χ3n) is 2.70. The first-order chi connectivity index (χ1) is 9.41. The number of rotatable bonds is 6. The lowest BCUT2D eigenvalue weighted by atomic mass is 10.0. The number of benzene rings is 1. The summed E-state index contributed by atoms with van der Waals surface area (Å²) in [4.78, 5) is 33.2. The number of aromatic carboxylic acids is 1. The van der Waals surface area contributed by atoms with Crippen molar-refractivity contribution in [1.29, 1.82) is 0 Å². The van der Waals surface area contributed by atoms with Crippen molar-refractivity contribution in [2.24, 2.45) is 5.73 Å². The van der Waals surface area contributed by atoms with Gasteiger partial charge in [-0.05, 0) is 25.0 Å². The van der Waals surface area contributed by atoms with E-state index in [2.05, 4.69) is 10.6 Å². The number of hydrogen-bond acceptors (Lipinski definition) is 3. The molecular formula is C13H17N3O4. The van der Waals surface area contributed by atoms with Crippen LogP contribution in [0.5, 0.6) is 0 Å². The molecule has 7 nitrogen and oxygen atoms in total. The van der Waals surface area contributed by atoms with Gasteiger partial charge in [-0.2, -0.15) is 0 Å². The van der Waals surface area contributed by atoms with Gasteiger partial charge in [-0.15, -0.1) is 0 Å². The van der Waals surface area contributed by atoms with E-state index in [1.54, 1.807) is 18.2 Å². The zero-order chi connectivity index (χ0) is 15.1. The zero-order valence-electron chi connectivity index (χ0n) is 11.1. The number of nitrogens with one attached hydrogen (secondary N) is 2. The molecule has 0 aliphatic heterocycles. The van der Waals surface area contributed by atoms with Crippen LogP contribution < -0.4 is 16.4 Å². The van der Waals surface area contributed by atoms with E-state index in [0.717, 1.165) is 0 Å². The van der Waals surface area contributed by atoms with E-state index in [0.29, 0.717) is 12.0 Å². The molecule has 3 amide bonds. The lowest BCUT2D eigenvalue weighted by Gasteiger charge is -2.12. The van der Waals surface area contributed by atoms with Gasteiger partial charge in [0.25, 0.3) is 0 Å². The molecule has 0 radical (unpaired) electrons. The largest absolute Gasteiger partial charge is 0.478 e. The summed E-state index contributed by atoms with van der Waals surface area (Å²) in [6.45, 7) is 1.73. The molecule has 0 bridgehead atoms. The smallest absolute Gasteiger partial charge is 0.335 e. The van der Waals surface area contributed by atoms with Gasteiger partial charge in [0.05, 0.1) is 5.56 Å². The van der Waals surface area contributed by atoms with Crippen molar-refractivity contribution in [3.05, 3.63) is 35.4 Å². The molecule has 5 N–H and O–H groups in total. The molecule has 0 heterocycles. The normalized spacial score (nSPS) is 11.4. The van der Waals surface area contributed by atoms with E-state index in [-0.39, 0.29) is 12.1 Å². The van der Waals surface area contributed by atoms with Gasteiger partial charge in [0.2, 0.25) is 5.91 Å². The Bertz CT molecular complexity index is 516. The van der Waals surface area contributed by atoms with Gasteiger partial charge >= 0.3 is 12.0 Å². The number of carboxylic acids is 1. The van der Waals surface area contributed by atoms with E-state index >= 15 is 0 Å². The summed E-state index contributed by atoms with van der Waals surface area (Å²) in [5.74, 6) is -1.64. The highest BCUT2D eigenvalue weighted by Crippen LogP contribution is 2.08. The fraction of sp³-hybridized carbons (Fsp3) is 0.308. The number of primary amides is 1. The van der Waals surface area contributed by atoms with Crippen LogP contribution in [0.3, 0.4) is 0 Å². The predicted molar refractivity (Wildman–Crippen MR) is 72.3 cm³/mol. The summed E-state index contributed by atoms with van der Waals surface area (Å²) >= 11 is 0. The van der Waals surface area contributed by atoms with Crippen LogP contribution in [-0.4, -0.2) is 35.6 Å². The minimum absolute atomic E-state index is 0.209. The van der Waals surface area contributed by atoms with Crippen LogP contribution in [0.25, 0.3) is 0 Å². The van der Waals surface area contributed by atoms with Crippen molar-refractivity contribution in [2.75, 3.05) is 6.54 Å². The maximum Gasteiger partial charge on any atom is 0.335 e. The van der Waals surface area contributed by atoms with Gasteiger partial charge in [-0.1, -0.05) is 18.2 Å². The Morgan fingerprint density at radius 2 is 1.95 bits per heavy atom. The first-order valence-corrected chi connectivity index (χ1v) is 6.06. The van der Waals surface area contributed by atoms with E-state index in [1.807, 2.05) is 0 Å². The Balaban J connectivity index is 2.47. The quantitative estimate of drug-likeness (QED) is 0.590. The molecule has 0 fully saturated rings. The molecule has 1 rings (SSSR count). The molecule has 1 aromatic rings. The van der Waals surface area contributed by atoms with Crippen LogP contribution in [0.15, 0.2) is 24.3 Å². The number of hydrogen-bond donors (Lipinski definition) is 4. The summed E-state index contributed by atoms with van der Waals surface area (Å²) in [6, 6.07) is 5.28. The van der Waals surface area contributed by atoms with Crippen molar-refractivity contribution in [3.8, 4) is 0 Å². The van der Waals surface area contributed by atoms with E-state index in [1.165, 1.54) is 13.0 Å². The molecule has 1 aromatic carbocycles. The highest BCUT2D eigenvalue weighted by atomic mass is 16.4. The Kier molecular flexibility index (Phi) is 5.52. The van der Waals surface area contributed by atoms with Crippen LogP contribution >= 0.6 is 0 Å². The number of nitrogens with two attached hydrogens (primary N) is 1. The van der Waals surface area contributed by atoms with Crippen molar-refractivity contribution in [2.45, 2.75) is 19.4 Å². The Hall–Kier alpha value is -2.57. The second-order valence-corrected chi connectivity index (χ2v) is 4.24. The van der Waals surface area contributed by atoms with Crippen LogP contribution in [0.4, 0.5) is 4.79 Å². The molecule has 0 saturated carbocycles. The first kappa shape index (κ1) is 15.5. The van der Waals surface area contributed by atoms with Crippen molar-refractivity contribution >= 4 is 17.9 Å². The van der Waals surface area contributed by atoms with Gasteiger partial charge in [0, 0.05) is 6.54 Å². The van der Waals surface area contributed by atoms with Crippen molar-refractivity contribution in [1.82, 2.24) is 10.6 Å². The Labute approximate surface area is 116 Å². The summed E-state index contributed by atoms with van der Waals surface area (Å²) in [7, 11) is 0. The highest BCUT2D eigenvalue weighted by molar-refractivity contribution is 5.89. The molecule has 0 aliphatic carbocycles. The van der Waals surface area contributed by atoms with Crippen LogP contribution in [-0.2, 0) is 11.2 Å². The maximum absolute atomic E-state index is 11.4. The van der Waals surface area contributed by atoms with Gasteiger partial charge in [-0.3, -0.25) is 4.79 Å². The number of carboxylic acid groups (broad SMARTS) is 1. The Morgan fingerprint density at radius 1 is 1.30 bits per heavy atom. The van der Waals surface area contributed by atoms with Gasteiger partial charge in [0.15, 0.2) is 0 Å². The molecule has 20 heavy (non-hydrogen) atoms. The average molecular weight is 279 g/mol. The summed E-state index contributed by atoms with van der Waals surface area (Å²) in [5, 5.41) is 13.9. The monoisotopic (exact) mass is 279 g/mol. The second kappa shape index (κ2) is 7.13. The first-order valence-electron chi connectivity index (χ1n) is 6.06. The number of carbonyl (C=O) groups excluding carboxylic acids is 2. The molecule has 0 aliphatic rings. The summed E-state index contributed by atoms with van der Waals surface area (Å²) in [6.07, 6.45) is 0.376. The molecule has 108 valence electrons. The van der Waals surface area contributed by atoms with Gasteiger partial charge in [-0.25, -0.2) is 9.59 Å². The summed E-state index contributed by atoms with van der Waals surface area (Å²) < 4.78 is 0. The lowest BCUT2D eigenvalue weighted by Crippen LogP contribution is -2.47. The van der Waals surface area contributed by atoms with E-state index in [4.69, 9.17) is 10.8 Å². The lowest BCUT2D eigenvalue weighted by molar-refractivity contribution is -0.119. The Morgan fingerprint density at radius 3 is 2.55 bits per heavy atom. The standard InChI is InChI=1S/C13H17N3O4/c1-8(11(14)17)16-13(20)15-7-6-9-4-2-3-5-10(9)12(18)19/h2-5,8H,6-7H2,1H3,(H2,14,17)(H,18,19)(H2,15,16,20). The predicted octanol–water partition coefficient (Wildman–Crippen LogP) is 0.100. The van der Waals surface area contributed by atoms with Crippen LogP contribution in [0.2, 0.25) is 0 Å². The summed E-state index contributed by atoms with van der Waals surface area (Å²) in [5.41, 5.74) is 5.85.